The van der Waals surface area contributed by atoms with Crippen molar-refractivity contribution in [3.8, 4) is 0 Å². The Labute approximate surface area is 123 Å². The van der Waals surface area contributed by atoms with Gasteiger partial charge >= 0.3 is 0 Å². The average Bonchev–Trinajstić information content (AvgIpc) is 2.97. The van der Waals surface area contributed by atoms with Crippen LogP contribution >= 0.6 is 11.6 Å². The van der Waals surface area contributed by atoms with Crippen LogP contribution in [-0.2, 0) is 29.1 Å². The van der Waals surface area contributed by atoms with Crippen molar-refractivity contribution in [2.24, 2.45) is 7.05 Å². The van der Waals surface area contributed by atoms with Gasteiger partial charge in [-0.05, 0) is 36.1 Å². The van der Waals surface area contributed by atoms with Crippen LogP contribution in [0.4, 0.5) is 0 Å². The van der Waals surface area contributed by atoms with E-state index in [1.165, 1.54) is 0 Å². The van der Waals surface area contributed by atoms with Gasteiger partial charge in [0.25, 0.3) is 0 Å². The van der Waals surface area contributed by atoms with Gasteiger partial charge in [-0.2, -0.15) is 5.10 Å². The lowest BCUT2D eigenvalue weighted by Crippen LogP contribution is -2.15. The van der Waals surface area contributed by atoms with E-state index in [0.717, 1.165) is 17.5 Å². The van der Waals surface area contributed by atoms with E-state index in [-0.39, 0.29) is 5.75 Å². The summed E-state index contributed by atoms with van der Waals surface area (Å²) in [5.74, 6) is 0.0140. The Kier molecular flexibility index (Phi) is 3.34. The first-order chi connectivity index (χ1) is 9.49. The SMILES string of the molecule is Cn1nccc1CS(=O)(=O)C1CCc2c(Cl)cccc21. The molecule has 20 heavy (non-hydrogen) atoms. The summed E-state index contributed by atoms with van der Waals surface area (Å²) in [6.45, 7) is 0. The molecule has 1 heterocycles. The van der Waals surface area contributed by atoms with Crippen LogP contribution in [0.1, 0.15) is 28.5 Å². The van der Waals surface area contributed by atoms with Gasteiger partial charge in [-0.15, -0.1) is 0 Å². The van der Waals surface area contributed by atoms with Crippen LogP contribution < -0.4 is 0 Å². The van der Waals surface area contributed by atoms with Crippen molar-refractivity contribution in [1.29, 1.82) is 0 Å². The van der Waals surface area contributed by atoms with Gasteiger partial charge in [0.2, 0.25) is 0 Å². The number of rotatable bonds is 3. The molecule has 1 aliphatic rings. The van der Waals surface area contributed by atoms with E-state index in [9.17, 15) is 8.42 Å². The molecule has 1 atom stereocenters. The molecule has 0 saturated heterocycles. The maximum atomic E-state index is 12.6. The van der Waals surface area contributed by atoms with Crippen LogP contribution in [0.5, 0.6) is 0 Å². The molecular weight excluding hydrogens is 296 g/mol. The molecule has 1 unspecified atom stereocenters. The number of benzene rings is 1. The molecule has 0 N–H and O–H groups in total. The van der Waals surface area contributed by atoms with E-state index in [2.05, 4.69) is 5.10 Å². The van der Waals surface area contributed by atoms with Gasteiger partial charge in [-0.1, -0.05) is 23.7 Å². The van der Waals surface area contributed by atoms with Crippen molar-refractivity contribution >= 4 is 21.4 Å². The van der Waals surface area contributed by atoms with E-state index in [0.29, 0.717) is 17.1 Å². The summed E-state index contributed by atoms with van der Waals surface area (Å²) < 4.78 is 26.9. The first-order valence-corrected chi connectivity index (χ1v) is 8.54. The predicted molar refractivity (Wildman–Crippen MR) is 78.3 cm³/mol. The summed E-state index contributed by atoms with van der Waals surface area (Å²) >= 11 is 6.14. The average molecular weight is 311 g/mol. The topological polar surface area (TPSA) is 52.0 Å². The van der Waals surface area contributed by atoms with Gasteiger partial charge in [-0.3, -0.25) is 4.68 Å². The maximum Gasteiger partial charge on any atom is 0.162 e. The van der Waals surface area contributed by atoms with Gasteiger partial charge in [0.15, 0.2) is 9.84 Å². The largest absolute Gasteiger partial charge is 0.272 e. The van der Waals surface area contributed by atoms with Gasteiger partial charge in [-0.25, -0.2) is 8.42 Å². The molecule has 0 amide bonds. The molecule has 0 spiro atoms. The minimum atomic E-state index is -3.26. The summed E-state index contributed by atoms with van der Waals surface area (Å²) in [6.07, 6.45) is 2.95. The van der Waals surface area contributed by atoms with Crippen molar-refractivity contribution < 1.29 is 8.42 Å². The second-order valence-corrected chi connectivity index (χ2v) is 7.68. The molecule has 6 heteroatoms. The Bertz CT molecular complexity index is 752. The minimum Gasteiger partial charge on any atom is -0.272 e. The fourth-order valence-electron chi connectivity index (χ4n) is 2.79. The second-order valence-electron chi connectivity index (χ2n) is 5.09. The third kappa shape index (κ3) is 2.25. The normalized spacial score (nSPS) is 18.2. The number of aromatic nitrogens is 2. The molecule has 1 aromatic carbocycles. The number of nitrogens with zero attached hydrogens (tertiary/aromatic N) is 2. The second kappa shape index (κ2) is 4.90. The molecule has 1 aromatic heterocycles. The molecule has 0 radical (unpaired) electrons. The molecule has 4 nitrogen and oxygen atoms in total. The van der Waals surface area contributed by atoms with Crippen molar-refractivity contribution in [2.45, 2.75) is 23.8 Å². The summed E-state index contributed by atoms with van der Waals surface area (Å²) in [7, 11) is -1.50. The highest BCUT2D eigenvalue weighted by molar-refractivity contribution is 7.90. The highest BCUT2D eigenvalue weighted by Crippen LogP contribution is 2.41. The van der Waals surface area contributed by atoms with Crippen LogP contribution in [0.3, 0.4) is 0 Å². The number of aryl methyl sites for hydroxylation is 1. The maximum absolute atomic E-state index is 12.6. The number of sulfone groups is 1. The minimum absolute atomic E-state index is 0.0140. The monoisotopic (exact) mass is 310 g/mol. The van der Waals surface area contributed by atoms with Crippen LogP contribution in [0.15, 0.2) is 30.5 Å². The molecule has 106 valence electrons. The van der Waals surface area contributed by atoms with E-state index in [4.69, 9.17) is 11.6 Å². The molecule has 2 aromatic rings. The van der Waals surface area contributed by atoms with Gasteiger partial charge in [0.05, 0.1) is 16.7 Å². The Morgan fingerprint density at radius 2 is 2.20 bits per heavy atom. The molecule has 1 aliphatic carbocycles. The number of hydrogen-bond acceptors (Lipinski definition) is 3. The number of halogens is 1. The Morgan fingerprint density at radius 3 is 2.90 bits per heavy atom. The highest BCUT2D eigenvalue weighted by atomic mass is 35.5. The molecule has 0 bridgehead atoms. The zero-order valence-electron chi connectivity index (χ0n) is 11.1. The predicted octanol–water partition coefficient (Wildman–Crippen LogP) is 2.68. The molecular formula is C14H15ClN2O2S. The first-order valence-electron chi connectivity index (χ1n) is 6.45. The lowest BCUT2D eigenvalue weighted by molar-refractivity contribution is 0.576. The van der Waals surface area contributed by atoms with Gasteiger partial charge < -0.3 is 0 Å². The molecule has 0 aliphatic heterocycles. The Balaban J connectivity index is 1.95. The summed E-state index contributed by atoms with van der Waals surface area (Å²) in [5, 5.41) is 4.23. The Hall–Kier alpha value is -1.33. The molecule has 0 saturated carbocycles. The van der Waals surface area contributed by atoms with Gasteiger partial charge in [0.1, 0.15) is 0 Å². The van der Waals surface area contributed by atoms with Crippen molar-refractivity contribution in [1.82, 2.24) is 9.78 Å². The summed E-state index contributed by atoms with van der Waals surface area (Å²) in [6, 6.07) is 7.25. The van der Waals surface area contributed by atoms with E-state index < -0.39 is 15.1 Å². The Morgan fingerprint density at radius 1 is 1.40 bits per heavy atom. The van der Waals surface area contributed by atoms with Crippen molar-refractivity contribution in [3.63, 3.8) is 0 Å². The van der Waals surface area contributed by atoms with Crippen molar-refractivity contribution in [2.75, 3.05) is 0 Å². The third-order valence-electron chi connectivity index (χ3n) is 3.86. The van der Waals surface area contributed by atoms with Crippen LogP contribution in [-0.4, -0.2) is 18.2 Å². The van der Waals surface area contributed by atoms with Crippen LogP contribution in [0, 0.1) is 0 Å². The van der Waals surface area contributed by atoms with E-state index >= 15 is 0 Å². The third-order valence-corrected chi connectivity index (χ3v) is 6.27. The first kappa shape index (κ1) is 13.6. The quantitative estimate of drug-likeness (QED) is 0.876. The number of hydrogen-bond donors (Lipinski definition) is 0. The fourth-order valence-corrected chi connectivity index (χ4v) is 5.05. The zero-order chi connectivity index (χ0) is 14.3. The lowest BCUT2D eigenvalue weighted by Gasteiger charge is -2.13. The fraction of sp³-hybridized carbons (Fsp3) is 0.357. The molecule has 3 rings (SSSR count). The van der Waals surface area contributed by atoms with Crippen LogP contribution in [0.25, 0.3) is 0 Å². The van der Waals surface area contributed by atoms with Gasteiger partial charge in [0, 0.05) is 18.3 Å². The smallest absolute Gasteiger partial charge is 0.162 e. The van der Waals surface area contributed by atoms with Crippen molar-refractivity contribution in [3.05, 3.63) is 52.3 Å². The lowest BCUT2D eigenvalue weighted by atomic mass is 10.1. The van der Waals surface area contributed by atoms with Crippen LogP contribution in [0.2, 0.25) is 5.02 Å². The summed E-state index contributed by atoms with van der Waals surface area (Å²) in [5.41, 5.74) is 2.55. The number of fused-ring (bicyclic) bond motifs is 1. The standard InChI is InChI=1S/C14H15ClN2O2S/c1-17-10(7-8-16-17)9-20(18,19)14-6-5-11-12(14)3-2-4-13(11)15/h2-4,7-8,14H,5-6,9H2,1H3. The zero-order valence-corrected chi connectivity index (χ0v) is 12.7. The van der Waals surface area contributed by atoms with E-state index in [1.54, 1.807) is 24.0 Å². The summed E-state index contributed by atoms with van der Waals surface area (Å²) in [4.78, 5) is 0. The van der Waals surface area contributed by atoms with E-state index in [1.807, 2.05) is 18.2 Å². The highest BCUT2D eigenvalue weighted by Gasteiger charge is 2.34. The molecule has 0 fully saturated rings.